The summed E-state index contributed by atoms with van der Waals surface area (Å²) in [6, 6.07) is 7.03. The minimum absolute atomic E-state index is 0.0897. The molecule has 2 rings (SSSR count). The molecule has 1 saturated heterocycles. The van der Waals surface area contributed by atoms with E-state index in [2.05, 4.69) is 5.32 Å². The number of carboxylic acid groups (broad SMARTS) is 1. The van der Waals surface area contributed by atoms with E-state index in [0.717, 1.165) is 5.56 Å². The van der Waals surface area contributed by atoms with Crippen LogP contribution in [0.1, 0.15) is 25.3 Å². The van der Waals surface area contributed by atoms with Crippen molar-refractivity contribution < 1.29 is 23.1 Å². The van der Waals surface area contributed by atoms with E-state index in [4.69, 9.17) is 5.11 Å². The molecule has 2 atom stereocenters. The standard InChI is InChI=1S/C16H21NO5S/c1-11(16(19)20)8-12-2-4-14(5-3-12)17-15(18)9-13-6-7-23(21,22)10-13/h2-5,11,13H,6-10H2,1H3,(H,17,18)(H,19,20). The number of carboxylic acids is 1. The molecule has 126 valence electrons. The van der Waals surface area contributed by atoms with Crippen molar-refractivity contribution in [1.29, 1.82) is 0 Å². The first-order chi connectivity index (χ1) is 10.7. The first-order valence-corrected chi connectivity index (χ1v) is 9.39. The van der Waals surface area contributed by atoms with Crippen molar-refractivity contribution in [3.63, 3.8) is 0 Å². The van der Waals surface area contributed by atoms with Crippen LogP contribution in [0.4, 0.5) is 5.69 Å². The van der Waals surface area contributed by atoms with Crippen molar-refractivity contribution in [3.05, 3.63) is 29.8 Å². The molecule has 1 aromatic carbocycles. The molecule has 1 fully saturated rings. The van der Waals surface area contributed by atoms with Gasteiger partial charge in [0.05, 0.1) is 17.4 Å². The Morgan fingerprint density at radius 3 is 2.48 bits per heavy atom. The predicted molar refractivity (Wildman–Crippen MR) is 87.0 cm³/mol. The van der Waals surface area contributed by atoms with Crippen LogP contribution >= 0.6 is 0 Å². The molecule has 1 amide bonds. The van der Waals surface area contributed by atoms with E-state index in [0.29, 0.717) is 18.5 Å². The van der Waals surface area contributed by atoms with Gasteiger partial charge in [-0.05, 0) is 36.5 Å². The Labute approximate surface area is 135 Å². The van der Waals surface area contributed by atoms with Gasteiger partial charge in [0, 0.05) is 12.1 Å². The molecule has 0 saturated carbocycles. The van der Waals surface area contributed by atoms with Gasteiger partial charge in [-0.15, -0.1) is 0 Å². The van der Waals surface area contributed by atoms with Crippen molar-refractivity contribution in [2.24, 2.45) is 11.8 Å². The zero-order valence-electron chi connectivity index (χ0n) is 13.0. The van der Waals surface area contributed by atoms with Gasteiger partial charge < -0.3 is 10.4 Å². The van der Waals surface area contributed by atoms with Gasteiger partial charge in [-0.3, -0.25) is 9.59 Å². The van der Waals surface area contributed by atoms with E-state index in [-0.39, 0.29) is 29.8 Å². The Morgan fingerprint density at radius 2 is 1.96 bits per heavy atom. The highest BCUT2D eigenvalue weighted by atomic mass is 32.2. The number of rotatable bonds is 6. The Balaban J connectivity index is 1.86. The molecule has 0 spiro atoms. The highest BCUT2D eigenvalue weighted by Gasteiger charge is 2.29. The van der Waals surface area contributed by atoms with Crippen molar-refractivity contribution in [2.45, 2.75) is 26.2 Å². The topological polar surface area (TPSA) is 101 Å². The summed E-state index contributed by atoms with van der Waals surface area (Å²) in [6.07, 6.45) is 1.18. The molecule has 7 heteroatoms. The van der Waals surface area contributed by atoms with E-state index < -0.39 is 21.7 Å². The number of sulfone groups is 1. The van der Waals surface area contributed by atoms with Crippen LogP contribution < -0.4 is 5.32 Å². The van der Waals surface area contributed by atoms with Crippen molar-refractivity contribution >= 4 is 27.4 Å². The van der Waals surface area contributed by atoms with E-state index in [9.17, 15) is 18.0 Å². The number of aliphatic carboxylic acids is 1. The summed E-state index contributed by atoms with van der Waals surface area (Å²) in [7, 11) is -2.97. The fourth-order valence-corrected chi connectivity index (χ4v) is 4.53. The van der Waals surface area contributed by atoms with Gasteiger partial charge in [0.15, 0.2) is 9.84 Å². The van der Waals surface area contributed by atoms with Gasteiger partial charge in [0.2, 0.25) is 5.91 Å². The average molecular weight is 339 g/mol. The van der Waals surface area contributed by atoms with Crippen LogP contribution in [0.2, 0.25) is 0 Å². The number of amides is 1. The minimum Gasteiger partial charge on any atom is -0.481 e. The number of benzene rings is 1. The van der Waals surface area contributed by atoms with Gasteiger partial charge in [-0.2, -0.15) is 0 Å². The lowest BCUT2D eigenvalue weighted by molar-refractivity contribution is -0.141. The molecule has 1 aliphatic heterocycles. The third kappa shape index (κ3) is 5.35. The Bertz CT molecular complexity index is 681. The van der Waals surface area contributed by atoms with Gasteiger partial charge in [-0.1, -0.05) is 19.1 Å². The van der Waals surface area contributed by atoms with Crippen LogP contribution in [0.3, 0.4) is 0 Å². The Morgan fingerprint density at radius 1 is 1.30 bits per heavy atom. The molecule has 0 aromatic heterocycles. The zero-order chi connectivity index (χ0) is 17.0. The van der Waals surface area contributed by atoms with Crippen molar-refractivity contribution in [3.8, 4) is 0 Å². The maximum Gasteiger partial charge on any atom is 0.306 e. The number of nitrogens with one attached hydrogen (secondary N) is 1. The van der Waals surface area contributed by atoms with Crippen LogP contribution in [0.25, 0.3) is 0 Å². The second kappa shape index (κ2) is 7.12. The van der Waals surface area contributed by atoms with Crippen LogP contribution in [-0.4, -0.2) is 36.9 Å². The Hall–Kier alpha value is -1.89. The fourth-order valence-electron chi connectivity index (χ4n) is 2.67. The normalized spacial score (nSPS) is 20.8. The van der Waals surface area contributed by atoms with Crippen molar-refractivity contribution in [1.82, 2.24) is 0 Å². The summed E-state index contributed by atoms with van der Waals surface area (Å²) in [6.45, 7) is 1.65. The molecule has 0 aliphatic carbocycles. The predicted octanol–water partition coefficient (Wildman–Crippen LogP) is 1.71. The SMILES string of the molecule is CC(Cc1ccc(NC(=O)CC2CCS(=O)(=O)C2)cc1)C(=O)O. The van der Waals surface area contributed by atoms with Crippen LogP contribution in [-0.2, 0) is 25.8 Å². The highest BCUT2D eigenvalue weighted by molar-refractivity contribution is 7.91. The van der Waals surface area contributed by atoms with E-state index in [1.807, 2.05) is 0 Å². The third-order valence-electron chi connectivity index (χ3n) is 4.00. The lowest BCUT2D eigenvalue weighted by Gasteiger charge is -2.10. The Kier molecular flexibility index (Phi) is 5.41. The maximum absolute atomic E-state index is 11.9. The molecule has 2 unspecified atom stereocenters. The molecular formula is C16H21NO5S. The van der Waals surface area contributed by atoms with Crippen LogP contribution in [0.15, 0.2) is 24.3 Å². The second-order valence-corrected chi connectivity index (χ2v) is 8.39. The number of anilines is 1. The lowest BCUT2D eigenvalue weighted by atomic mass is 10.0. The van der Waals surface area contributed by atoms with E-state index >= 15 is 0 Å². The smallest absolute Gasteiger partial charge is 0.306 e. The minimum atomic E-state index is -2.97. The molecule has 2 N–H and O–H groups in total. The molecule has 6 nitrogen and oxygen atoms in total. The molecule has 1 aromatic rings. The van der Waals surface area contributed by atoms with E-state index in [1.54, 1.807) is 31.2 Å². The van der Waals surface area contributed by atoms with Gasteiger partial charge in [-0.25, -0.2) is 8.42 Å². The van der Waals surface area contributed by atoms with Crippen LogP contribution in [0, 0.1) is 11.8 Å². The van der Waals surface area contributed by atoms with Gasteiger partial charge >= 0.3 is 5.97 Å². The van der Waals surface area contributed by atoms with Gasteiger partial charge in [0.1, 0.15) is 0 Å². The van der Waals surface area contributed by atoms with E-state index in [1.165, 1.54) is 0 Å². The average Bonchev–Trinajstić information content (AvgIpc) is 2.79. The summed E-state index contributed by atoms with van der Waals surface area (Å²) in [5.74, 6) is -1.34. The molecule has 0 bridgehead atoms. The number of hydrogen-bond acceptors (Lipinski definition) is 4. The maximum atomic E-state index is 11.9. The summed E-state index contributed by atoms with van der Waals surface area (Å²) >= 11 is 0. The number of hydrogen-bond donors (Lipinski definition) is 2. The number of carbonyl (C=O) groups excluding carboxylic acids is 1. The third-order valence-corrected chi connectivity index (χ3v) is 5.84. The van der Waals surface area contributed by atoms with Crippen LogP contribution in [0.5, 0.6) is 0 Å². The molecule has 1 aliphatic rings. The quantitative estimate of drug-likeness (QED) is 0.822. The summed E-state index contributed by atoms with van der Waals surface area (Å²) in [5.41, 5.74) is 1.52. The summed E-state index contributed by atoms with van der Waals surface area (Å²) < 4.78 is 22.8. The fraction of sp³-hybridized carbons (Fsp3) is 0.500. The molecule has 23 heavy (non-hydrogen) atoms. The largest absolute Gasteiger partial charge is 0.481 e. The lowest BCUT2D eigenvalue weighted by Crippen LogP contribution is -2.17. The second-order valence-electron chi connectivity index (χ2n) is 6.16. The zero-order valence-corrected chi connectivity index (χ0v) is 13.8. The summed E-state index contributed by atoms with van der Waals surface area (Å²) in [5, 5.41) is 11.6. The first kappa shape index (κ1) is 17.5. The van der Waals surface area contributed by atoms with Gasteiger partial charge in [0.25, 0.3) is 0 Å². The summed E-state index contributed by atoms with van der Waals surface area (Å²) in [4.78, 5) is 22.8. The monoisotopic (exact) mass is 339 g/mol. The first-order valence-electron chi connectivity index (χ1n) is 7.57. The molecule has 1 heterocycles. The number of carbonyl (C=O) groups is 2. The van der Waals surface area contributed by atoms with Crippen molar-refractivity contribution in [2.75, 3.05) is 16.8 Å². The molecular weight excluding hydrogens is 318 g/mol. The molecule has 0 radical (unpaired) electrons. The highest BCUT2D eigenvalue weighted by Crippen LogP contribution is 2.22.